The van der Waals surface area contributed by atoms with E-state index in [1.807, 2.05) is 13.0 Å². The Bertz CT molecular complexity index is 647. The van der Waals surface area contributed by atoms with Crippen molar-refractivity contribution in [2.24, 2.45) is 0 Å². The minimum atomic E-state index is -4.25. The monoisotopic (exact) mass is 330 g/mol. The SMILES string of the molecule is Cc1ccc(CNCc2nnc3n2CCCC3C(F)(F)F)s1. The van der Waals surface area contributed by atoms with Crippen molar-refractivity contribution in [1.82, 2.24) is 20.1 Å². The van der Waals surface area contributed by atoms with Crippen LogP contribution in [0.25, 0.3) is 0 Å². The topological polar surface area (TPSA) is 42.7 Å². The van der Waals surface area contributed by atoms with Gasteiger partial charge in [0.15, 0.2) is 0 Å². The summed E-state index contributed by atoms with van der Waals surface area (Å²) in [6, 6.07) is 4.10. The maximum absolute atomic E-state index is 13.0. The quantitative estimate of drug-likeness (QED) is 0.934. The Morgan fingerprint density at radius 1 is 1.32 bits per heavy atom. The van der Waals surface area contributed by atoms with Crippen molar-refractivity contribution in [3.05, 3.63) is 33.5 Å². The highest BCUT2D eigenvalue weighted by molar-refractivity contribution is 7.11. The first-order valence-corrected chi connectivity index (χ1v) is 8.01. The average Bonchev–Trinajstić information content (AvgIpc) is 3.04. The van der Waals surface area contributed by atoms with Crippen LogP contribution < -0.4 is 5.32 Å². The van der Waals surface area contributed by atoms with Gasteiger partial charge < -0.3 is 9.88 Å². The first kappa shape index (κ1) is 15.5. The fraction of sp³-hybridized carbons (Fsp3) is 0.571. The zero-order valence-corrected chi connectivity index (χ0v) is 13.0. The molecule has 1 aliphatic rings. The zero-order valence-electron chi connectivity index (χ0n) is 12.2. The van der Waals surface area contributed by atoms with Crippen molar-refractivity contribution in [3.63, 3.8) is 0 Å². The van der Waals surface area contributed by atoms with Crippen LogP contribution >= 0.6 is 11.3 Å². The molecule has 0 saturated carbocycles. The Morgan fingerprint density at radius 3 is 2.82 bits per heavy atom. The summed E-state index contributed by atoms with van der Waals surface area (Å²) in [5.74, 6) is -0.845. The fourth-order valence-corrected chi connectivity index (χ4v) is 3.61. The van der Waals surface area contributed by atoms with E-state index in [2.05, 4.69) is 21.6 Å². The number of aryl methyl sites for hydroxylation is 1. The van der Waals surface area contributed by atoms with Gasteiger partial charge >= 0.3 is 6.18 Å². The van der Waals surface area contributed by atoms with Crippen LogP contribution in [-0.2, 0) is 19.6 Å². The number of nitrogens with one attached hydrogen (secondary N) is 1. The Morgan fingerprint density at radius 2 is 2.14 bits per heavy atom. The summed E-state index contributed by atoms with van der Waals surface area (Å²) >= 11 is 1.70. The van der Waals surface area contributed by atoms with Crippen LogP contribution in [0, 0.1) is 6.92 Å². The molecule has 2 aromatic rings. The number of fused-ring (bicyclic) bond motifs is 1. The standard InChI is InChI=1S/C14H17F3N4S/c1-9-4-5-10(22-9)7-18-8-12-19-20-13-11(14(15,16)17)3-2-6-21(12)13/h4-5,11,18H,2-3,6-8H2,1H3. The summed E-state index contributed by atoms with van der Waals surface area (Å²) in [5, 5.41) is 11.0. The maximum atomic E-state index is 13.0. The molecule has 0 saturated heterocycles. The third-order valence-electron chi connectivity index (χ3n) is 3.82. The van der Waals surface area contributed by atoms with Gasteiger partial charge in [-0.15, -0.1) is 21.5 Å². The van der Waals surface area contributed by atoms with Gasteiger partial charge in [-0.05, 0) is 31.9 Å². The molecule has 0 aromatic carbocycles. The molecule has 0 fully saturated rings. The summed E-state index contributed by atoms with van der Waals surface area (Å²) in [7, 11) is 0. The number of rotatable bonds is 4. The van der Waals surface area contributed by atoms with Crippen LogP contribution in [0.15, 0.2) is 12.1 Å². The zero-order chi connectivity index (χ0) is 15.7. The van der Waals surface area contributed by atoms with Crippen LogP contribution in [0.1, 0.15) is 40.2 Å². The minimum Gasteiger partial charge on any atom is -0.313 e. The van der Waals surface area contributed by atoms with Gasteiger partial charge in [0, 0.05) is 22.8 Å². The molecular weight excluding hydrogens is 313 g/mol. The molecule has 3 rings (SSSR count). The number of hydrogen-bond acceptors (Lipinski definition) is 4. The lowest BCUT2D eigenvalue weighted by molar-refractivity contribution is -0.156. The molecule has 22 heavy (non-hydrogen) atoms. The van der Waals surface area contributed by atoms with Crippen molar-refractivity contribution in [2.75, 3.05) is 0 Å². The van der Waals surface area contributed by atoms with Gasteiger partial charge in [0.2, 0.25) is 0 Å². The highest BCUT2D eigenvalue weighted by atomic mass is 32.1. The van der Waals surface area contributed by atoms with Crippen molar-refractivity contribution < 1.29 is 13.2 Å². The molecule has 1 unspecified atom stereocenters. The first-order valence-electron chi connectivity index (χ1n) is 7.20. The van der Waals surface area contributed by atoms with Gasteiger partial charge in [-0.1, -0.05) is 0 Å². The number of hydrogen-bond donors (Lipinski definition) is 1. The molecule has 0 aliphatic carbocycles. The lowest BCUT2D eigenvalue weighted by Gasteiger charge is -2.25. The maximum Gasteiger partial charge on any atom is 0.398 e. The largest absolute Gasteiger partial charge is 0.398 e. The van der Waals surface area contributed by atoms with E-state index in [4.69, 9.17) is 0 Å². The van der Waals surface area contributed by atoms with Crippen LogP contribution in [0.2, 0.25) is 0 Å². The van der Waals surface area contributed by atoms with E-state index in [0.717, 1.165) is 0 Å². The van der Waals surface area contributed by atoms with Crippen molar-refractivity contribution >= 4 is 11.3 Å². The highest BCUT2D eigenvalue weighted by Crippen LogP contribution is 2.40. The predicted molar refractivity (Wildman–Crippen MR) is 77.7 cm³/mol. The molecule has 0 radical (unpaired) electrons. The molecule has 1 aliphatic heterocycles. The molecule has 120 valence electrons. The lowest BCUT2D eigenvalue weighted by atomic mass is 9.98. The molecule has 8 heteroatoms. The third kappa shape index (κ3) is 3.17. The lowest BCUT2D eigenvalue weighted by Crippen LogP contribution is -2.29. The van der Waals surface area contributed by atoms with Crippen molar-refractivity contribution in [2.45, 2.75) is 51.5 Å². The van der Waals surface area contributed by atoms with Crippen molar-refractivity contribution in [3.8, 4) is 0 Å². The molecule has 0 spiro atoms. The van der Waals surface area contributed by atoms with Crippen LogP contribution in [0.4, 0.5) is 13.2 Å². The average molecular weight is 330 g/mol. The van der Waals surface area contributed by atoms with E-state index in [9.17, 15) is 13.2 Å². The summed E-state index contributed by atoms with van der Waals surface area (Å²) in [5.41, 5.74) is 0. The van der Waals surface area contributed by atoms with E-state index >= 15 is 0 Å². The van der Waals surface area contributed by atoms with E-state index < -0.39 is 12.1 Å². The summed E-state index contributed by atoms with van der Waals surface area (Å²) in [4.78, 5) is 2.44. The summed E-state index contributed by atoms with van der Waals surface area (Å²) in [6.45, 7) is 3.71. The van der Waals surface area contributed by atoms with E-state index in [1.54, 1.807) is 15.9 Å². The number of halogens is 3. The summed E-state index contributed by atoms with van der Waals surface area (Å²) < 4.78 is 40.6. The Kier molecular flexibility index (Phi) is 4.22. The van der Waals surface area contributed by atoms with Crippen molar-refractivity contribution in [1.29, 1.82) is 0 Å². The number of thiophene rings is 1. The van der Waals surface area contributed by atoms with Gasteiger partial charge in [0.1, 0.15) is 17.6 Å². The minimum absolute atomic E-state index is 0.0579. The molecule has 3 heterocycles. The van der Waals surface area contributed by atoms with Crippen LogP contribution in [-0.4, -0.2) is 20.9 Å². The molecular formula is C14H17F3N4S. The van der Waals surface area contributed by atoms with Crippen LogP contribution in [0.5, 0.6) is 0 Å². The predicted octanol–water partition coefficient (Wildman–Crippen LogP) is 3.38. The van der Waals surface area contributed by atoms with E-state index in [-0.39, 0.29) is 12.2 Å². The summed E-state index contributed by atoms with van der Waals surface area (Å²) in [6.07, 6.45) is -3.64. The molecule has 1 atom stereocenters. The first-order chi connectivity index (χ1) is 10.4. The second kappa shape index (κ2) is 6.00. The Hall–Kier alpha value is -1.41. The second-order valence-electron chi connectivity index (χ2n) is 5.48. The van der Waals surface area contributed by atoms with Gasteiger partial charge in [-0.2, -0.15) is 13.2 Å². The third-order valence-corrected chi connectivity index (χ3v) is 4.82. The van der Waals surface area contributed by atoms with Gasteiger partial charge in [-0.3, -0.25) is 0 Å². The second-order valence-corrected chi connectivity index (χ2v) is 6.85. The Balaban J connectivity index is 1.67. The number of alkyl halides is 3. The molecule has 0 amide bonds. The van der Waals surface area contributed by atoms with Crippen LogP contribution in [0.3, 0.4) is 0 Å². The molecule has 2 aromatic heterocycles. The Labute approximate surface area is 130 Å². The molecule has 4 nitrogen and oxygen atoms in total. The normalized spacial score (nSPS) is 18.5. The molecule has 1 N–H and O–H groups in total. The van der Waals surface area contributed by atoms with Gasteiger partial charge in [-0.25, -0.2) is 0 Å². The van der Waals surface area contributed by atoms with Gasteiger partial charge in [0.05, 0.1) is 6.54 Å². The number of nitrogens with zero attached hydrogens (tertiary/aromatic N) is 3. The van der Waals surface area contributed by atoms with E-state index in [0.29, 0.717) is 31.9 Å². The highest BCUT2D eigenvalue weighted by Gasteiger charge is 2.45. The fourth-order valence-electron chi connectivity index (χ4n) is 2.75. The number of aromatic nitrogens is 3. The smallest absolute Gasteiger partial charge is 0.313 e. The van der Waals surface area contributed by atoms with E-state index in [1.165, 1.54) is 9.75 Å². The van der Waals surface area contributed by atoms with Gasteiger partial charge in [0.25, 0.3) is 0 Å². The molecule has 0 bridgehead atoms.